The van der Waals surface area contributed by atoms with Crippen LogP contribution in [0.2, 0.25) is 0 Å². The molecule has 1 aromatic carbocycles. The summed E-state index contributed by atoms with van der Waals surface area (Å²) in [7, 11) is 0. The van der Waals surface area contributed by atoms with Gasteiger partial charge in [0.1, 0.15) is 12.7 Å². The fourth-order valence-corrected chi connectivity index (χ4v) is 3.19. The molecule has 25 heavy (non-hydrogen) atoms. The highest BCUT2D eigenvalue weighted by atomic mass is 16.3. The SMILES string of the molecule is O=C(N[C@H]1C[C@@H](O)[C@@H]1n1cccn1)c1ccccc1Cn1cncn1. The Bertz CT molecular complexity index is 846. The second-order valence-corrected chi connectivity index (χ2v) is 6.11. The molecule has 0 bridgehead atoms. The van der Waals surface area contributed by atoms with Gasteiger partial charge in [-0.3, -0.25) is 9.48 Å². The van der Waals surface area contributed by atoms with Gasteiger partial charge in [-0.05, 0) is 24.1 Å². The zero-order valence-corrected chi connectivity index (χ0v) is 13.4. The van der Waals surface area contributed by atoms with Crippen molar-refractivity contribution in [1.29, 1.82) is 0 Å². The largest absolute Gasteiger partial charge is 0.391 e. The lowest BCUT2D eigenvalue weighted by atomic mass is 9.82. The van der Waals surface area contributed by atoms with Crippen molar-refractivity contribution in [1.82, 2.24) is 29.9 Å². The first-order valence-corrected chi connectivity index (χ1v) is 8.11. The second-order valence-electron chi connectivity index (χ2n) is 6.11. The van der Waals surface area contributed by atoms with Crippen LogP contribution in [0.15, 0.2) is 55.4 Å². The van der Waals surface area contributed by atoms with Crippen molar-refractivity contribution in [2.75, 3.05) is 0 Å². The molecule has 0 radical (unpaired) electrons. The summed E-state index contributed by atoms with van der Waals surface area (Å²) in [4.78, 5) is 16.7. The molecule has 8 heteroatoms. The van der Waals surface area contributed by atoms with Gasteiger partial charge in [0, 0.05) is 18.0 Å². The molecule has 3 aromatic rings. The van der Waals surface area contributed by atoms with Gasteiger partial charge < -0.3 is 10.4 Å². The summed E-state index contributed by atoms with van der Waals surface area (Å²) >= 11 is 0. The Morgan fingerprint density at radius 2 is 2.16 bits per heavy atom. The molecule has 1 aliphatic rings. The summed E-state index contributed by atoms with van der Waals surface area (Å²) in [6, 6.07) is 8.83. The minimum Gasteiger partial charge on any atom is -0.391 e. The van der Waals surface area contributed by atoms with Crippen LogP contribution in [0, 0.1) is 0 Å². The molecule has 1 fully saturated rings. The van der Waals surface area contributed by atoms with Crippen LogP contribution < -0.4 is 5.32 Å². The standard InChI is InChI=1S/C17H18N6O2/c24-15-8-14(16(15)23-7-3-6-19-23)21-17(25)13-5-2-1-4-12(13)9-22-11-18-10-20-22/h1-7,10-11,14-16,24H,8-9H2,(H,21,25)/t14-,15+,16+/m0/s1. The van der Waals surface area contributed by atoms with Gasteiger partial charge in [-0.2, -0.15) is 10.2 Å². The summed E-state index contributed by atoms with van der Waals surface area (Å²) in [5.41, 5.74) is 1.46. The van der Waals surface area contributed by atoms with Crippen LogP contribution >= 0.6 is 0 Å². The van der Waals surface area contributed by atoms with Crippen LogP contribution in [-0.2, 0) is 6.54 Å². The first kappa shape index (κ1) is 15.5. The van der Waals surface area contributed by atoms with E-state index in [4.69, 9.17) is 0 Å². The lowest BCUT2D eigenvalue weighted by Gasteiger charge is -2.41. The number of carbonyl (C=O) groups is 1. The van der Waals surface area contributed by atoms with Gasteiger partial charge in [-0.1, -0.05) is 18.2 Å². The minimum absolute atomic E-state index is 0.151. The highest BCUT2D eigenvalue weighted by molar-refractivity contribution is 5.96. The van der Waals surface area contributed by atoms with Gasteiger partial charge in [-0.15, -0.1) is 0 Å². The summed E-state index contributed by atoms with van der Waals surface area (Å²) in [6.45, 7) is 0.472. The van der Waals surface area contributed by atoms with E-state index in [2.05, 4.69) is 20.5 Å². The van der Waals surface area contributed by atoms with Crippen molar-refractivity contribution in [3.63, 3.8) is 0 Å². The molecular formula is C17H18N6O2. The van der Waals surface area contributed by atoms with Gasteiger partial charge in [0.25, 0.3) is 5.91 Å². The Kier molecular flexibility index (Phi) is 4.02. The molecule has 2 aromatic heterocycles. The number of benzene rings is 1. The lowest BCUT2D eigenvalue weighted by Crippen LogP contribution is -2.56. The van der Waals surface area contributed by atoms with Crippen molar-refractivity contribution >= 4 is 5.91 Å². The lowest BCUT2D eigenvalue weighted by molar-refractivity contribution is -0.00589. The normalized spacial score (nSPS) is 22.4. The van der Waals surface area contributed by atoms with E-state index in [1.54, 1.807) is 40.2 Å². The zero-order valence-electron chi connectivity index (χ0n) is 13.4. The van der Waals surface area contributed by atoms with Crippen LogP contribution in [0.25, 0.3) is 0 Å². The van der Waals surface area contributed by atoms with Crippen LogP contribution in [-0.4, -0.2) is 47.7 Å². The maximum absolute atomic E-state index is 12.8. The number of aliphatic hydroxyl groups excluding tert-OH is 1. The molecule has 8 nitrogen and oxygen atoms in total. The molecule has 1 aliphatic carbocycles. The van der Waals surface area contributed by atoms with Crippen molar-refractivity contribution in [2.45, 2.75) is 31.2 Å². The number of nitrogens with one attached hydrogen (secondary N) is 1. The van der Waals surface area contributed by atoms with E-state index in [0.29, 0.717) is 18.5 Å². The zero-order chi connectivity index (χ0) is 17.2. The number of nitrogens with zero attached hydrogens (tertiary/aromatic N) is 5. The highest BCUT2D eigenvalue weighted by Gasteiger charge is 2.42. The number of carbonyl (C=O) groups excluding carboxylic acids is 1. The van der Waals surface area contributed by atoms with Crippen molar-refractivity contribution < 1.29 is 9.90 Å². The van der Waals surface area contributed by atoms with Gasteiger partial charge in [0.15, 0.2) is 0 Å². The number of amides is 1. The third kappa shape index (κ3) is 3.03. The molecule has 3 atom stereocenters. The minimum atomic E-state index is -0.504. The first-order chi connectivity index (χ1) is 12.2. The molecule has 0 spiro atoms. The monoisotopic (exact) mass is 338 g/mol. The van der Waals surface area contributed by atoms with Gasteiger partial charge >= 0.3 is 0 Å². The van der Waals surface area contributed by atoms with E-state index in [-0.39, 0.29) is 18.0 Å². The van der Waals surface area contributed by atoms with E-state index in [9.17, 15) is 9.90 Å². The maximum Gasteiger partial charge on any atom is 0.251 e. The second kappa shape index (κ2) is 6.48. The maximum atomic E-state index is 12.8. The molecule has 128 valence electrons. The van der Waals surface area contributed by atoms with Gasteiger partial charge in [-0.25, -0.2) is 9.67 Å². The molecule has 0 aliphatic heterocycles. The van der Waals surface area contributed by atoms with E-state index < -0.39 is 6.10 Å². The van der Waals surface area contributed by atoms with Gasteiger partial charge in [0.05, 0.1) is 24.7 Å². The van der Waals surface area contributed by atoms with E-state index in [1.165, 1.54) is 6.33 Å². The predicted octanol–water partition coefficient (Wildman–Crippen LogP) is 0.627. The molecule has 4 rings (SSSR count). The fraction of sp³-hybridized carbons (Fsp3) is 0.294. The Hall–Kier alpha value is -3.00. The Morgan fingerprint density at radius 1 is 1.28 bits per heavy atom. The summed E-state index contributed by atoms with van der Waals surface area (Å²) in [5.74, 6) is -0.162. The molecular weight excluding hydrogens is 320 g/mol. The van der Waals surface area contributed by atoms with Crippen LogP contribution in [0.1, 0.15) is 28.4 Å². The Labute approximate surface area is 144 Å². The first-order valence-electron chi connectivity index (χ1n) is 8.11. The number of rotatable bonds is 5. The molecule has 1 saturated carbocycles. The predicted molar refractivity (Wildman–Crippen MR) is 88.7 cm³/mol. The van der Waals surface area contributed by atoms with Crippen LogP contribution in [0.3, 0.4) is 0 Å². The quantitative estimate of drug-likeness (QED) is 0.711. The third-order valence-electron chi connectivity index (χ3n) is 4.51. The summed E-state index contributed by atoms with van der Waals surface area (Å²) < 4.78 is 3.37. The highest BCUT2D eigenvalue weighted by Crippen LogP contribution is 2.32. The third-order valence-corrected chi connectivity index (χ3v) is 4.51. The van der Waals surface area contributed by atoms with E-state index in [0.717, 1.165) is 5.56 Å². The van der Waals surface area contributed by atoms with Crippen molar-refractivity contribution in [3.05, 3.63) is 66.5 Å². The summed E-state index contributed by atoms with van der Waals surface area (Å²) in [5, 5.41) is 21.3. The van der Waals surface area contributed by atoms with E-state index in [1.807, 2.05) is 18.2 Å². The van der Waals surface area contributed by atoms with E-state index >= 15 is 0 Å². The summed E-state index contributed by atoms with van der Waals surface area (Å²) in [6.07, 6.45) is 6.55. The van der Waals surface area contributed by atoms with Crippen LogP contribution in [0.5, 0.6) is 0 Å². The average Bonchev–Trinajstić information content (AvgIpc) is 3.29. The number of aromatic nitrogens is 5. The Morgan fingerprint density at radius 3 is 2.88 bits per heavy atom. The molecule has 2 heterocycles. The fourth-order valence-electron chi connectivity index (χ4n) is 3.19. The number of hydrogen-bond acceptors (Lipinski definition) is 5. The van der Waals surface area contributed by atoms with Crippen molar-refractivity contribution in [2.24, 2.45) is 0 Å². The van der Waals surface area contributed by atoms with Crippen LogP contribution in [0.4, 0.5) is 0 Å². The smallest absolute Gasteiger partial charge is 0.251 e. The average molecular weight is 338 g/mol. The molecule has 0 unspecified atom stereocenters. The molecule has 0 saturated heterocycles. The Balaban J connectivity index is 1.50. The van der Waals surface area contributed by atoms with Crippen molar-refractivity contribution in [3.8, 4) is 0 Å². The molecule has 2 N–H and O–H groups in total. The topological polar surface area (TPSA) is 97.9 Å². The number of hydrogen-bond donors (Lipinski definition) is 2. The number of aliphatic hydroxyl groups is 1. The molecule has 1 amide bonds. The van der Waals surface area contributed by atoms with Gasteiger partial charge in [0.2, 0.25) is 0 Å².